The largest absolute Gasteiger partial charge is 0.395 e. The summed E-state index contributed by atoms with van der Waals surface area (Å²) in [5, 5.41) is 13.3. The van der Waals surface area contributed by atoms with Crippen molar-refractivity contribution in [2.24, 2.45) is 0 Å². The van der Waals surface area contributed by atoms with Gasteiger partial charge in [0.15, 0.2) is 0 Å². The van der Waals surface area contributed by atoms with Gasteiger partial charge in [-0.25, -0.2) is 0 Å². The van der Waals surface area contributed by atoms with Crippen LogP contribution in [0, 0.1) is 11.8 Å². The van der Waals surface area contributed by atoms with Crippen LogP contribution >= 0.6 is 11.3 Å². The van der Waals surface area contributed by atoms with Gasteiger partial charge in [0.1, 0.15) is 4.88 Å². The molecular weight excluding hydrogens is 250 g/mol. The molecule has 0 spiro atoms. The maximum atomic E-state index is 11.9. The minimum atomic E-state index is -0.137. The van der Waals surface area contributed by atoms with Crippen LogP contribution in [0.4, 0.5) is 0 Å². The van der Waals surface area contributed by atoms with Gasteiger partial charge in [-0.2, -0.15) is 0 Å². The molecule has 18 heavy (non-hydrogen) atoms. The van der Waals surface area contributed by atoms with E-state index in [1.807, 2.05) is 18.4 Å². The Morgan fingerprint density at radius 2 is 2.44 bits per heavy atom. The average molecular weight is 267 g/mol. The molecule has 0 radical (unpaired) electrons. The number of rotatable bonds is 5. The molecule has 1 heterocycles. The van der Waals surface area contributed by atoms with Crippen molar-refractivity contribution in [1.29, 1.82) is 0 Å². The molecule has 0 fully saturated rings. The summed E-state index contributed by atoms with van der Waals surface area (Å²) in [5.74, 6) is 5.56. The van der Waals surface area contributed by atoms with Crippen molar-refractivity contribution in [1.82, 2.24) is 5.32 Å². The molecule has 0 bridgehead atoms. The van der Waals surface area contributed by atoms with E-state index in [1.165, 1.54) is 11.3 Å². The van der Waals surface area contributed by atoms with Crippen LogP contribution in [-0.4, -0.2) is 37.4 Å². The van der Waals surface area contributed by atoms with Gasteiger partial charge in [0, 0.05) is 25.6 Å². The molecule has 0 aliphatic carbocycles. The average Bonchev–Trinajstić information content (AvgIpc) is 2.84. The summed E-state index contributed by atoms with van der Waals surface area (Å²) in [6, 6.07) is 1.81. The third-order valence-electron chi connectivity index (χ3n) is 2.28. The third kappa shape index (κ3) is 4.49. The molecule has 1 atom stereocenters. The highest BCUT2D eigenvalue weighted by molar-refractivity contribution is 7.12. The lowest BCUT2D eigenvalue weighted by Gasteiger charge is -2.10. The third-order valence-corrected chi connectivity index (χ3v) is 3.20. The van der Waals surface area contributed by atoms with Gasteiger partial charge in [-0.3, -0.25) is 4.79 Å². The molecule has 1 aromatic heterocycles. The Balaban J connectivity index is 2.64. The second-order valence-corrected chi connectivity index (χ2v) is 4.61. The molecule has 1 unspecified atom stereocenters. The number of aliphatic hydroxyl groups is 1. The Labute approximate surface area is 111 Å². The normalized spacial score (nSPS) is 11.5. The first-order chi connectivity index (χ1) is 8.69. The molecule has 1 aromatic rings. The fourth-order valence-corrected chi connectivity index (χ4v) is 1.96. The van der Waals surface area contributed by atoms with Crippen molar-refractivity contribution in [3.63, 3.8) is 0 Å². The van der Waals surface area contributed by atoms with Crippen LogP contribution in [0.3, 0.4) is 0 Å². The first kappa shape index (κ1) is 14.7. The topological polar surface area (TPSA) is 58.6 Å². The number of hydrogen-bond donors (Lipinski definition) is 2. The van der Waals surface area contributed by atoms with Crippen molar-refractivity contribution in [3.8, 4) is 11.8 Å². The van der Waals surface area contributed by atoms with E-state index in [-0.39, 0.29) is 18.6 Å². The van der Waals surface area contributed by atoms with Gasteiger partial charge in [0.2, 0.25) is 0 Å². The number of amides is 1. The number of nitrogens with one attached hydrogen (secondary N) is 1. The smallest absolute Gasteiger partial charge is 0.262 e. The number of hydrogen-bond acceptors (Lipinski definition) is 4. The van der Waals surface area contributed by atoms with Gasteiger partial charge >= 0.3 is 0 Å². The summed E-state index contributed by atoms with van der Waals surface area (Å²) in [4.78, 5) is 12.5. The lowest BCUT2D eigenvalue weighted by molar-refractivity contribution is 0.0874. The Bertz CT molecular complexity index is 445. The van der Waals surface area contributed by atoms with Gasteiger partial charge in [-0.15, -0.1) is 11.3 Å². The molecule has 0 saturated heterocycles. The molecule has 2 N–H and O–H groups in total. The fraction of sp³-hybridized carbons (Fsp3) is 0.462. The molecule has 0 aromatic carbocycles. The Morgan fingerprint density at radius 3 is 3.11 bits per heavy atom. The summed E-state index contributed by atoms with van der Waals surface area (Å²) in [6.45, 7) is 2.39. The first-order valence-corrected chi connectivity index (χ1v) is 6.55. The number of carbonyl (C=O) groups excluding carboxylic acids is 1. The van der Waals surface area contributed by atoms with E-state index in [9.17, 15) is 4.79 Å². The van der Waals surface area contributed by atoms with Crippen molar-refractivity contribution in [3.05, 3.63) is 21.9 Å². The number of ether oxygens (including phenoxy) is 1. The van der Waals surface area contributed by atoms with Crippen LogP contribution in [0.5, 0.6) is 0 Å². The van der Waals surface area contributed by atoms with E-state index < -0.39 is 0 Å². The van der Waals surface area contributed by atoms with Crippen LogP contribution in [-0.2, 0) is 4.74 Å². The quantitative estimate of drug-likeness (QED) is 0.789. The Morgan fingerprint density at radius 1 is 1.67 bits per heavy atom. The predicted molar refractivity (Wildman–Crippen MR) is 71.7 cm³/mol. The number of carbonyl (C=O) groups is 1. The van der Waals surface area contributed by atoms with E-state index in [2.05, 4.69) is 17.2 Å². The molecule has 1 rings (SSSR count). The molecule has 0 saturated carbocycles. The van der Waals surface area contributed by atoms with Crippen molar-refractivity contribution in [2.45, 2.75) is 19.4 Å². The van der Waals surface area contributed by atoms with Gasteiger partial charge in [0.25, 0.3) is 5.91 Å². The number of thiophene rings is 1. The van der Waals surface area contributed by atoms with Crippen molar-refractivity contribution >= 4 is 17.2 Å². The molecule has 0 aliphatic rings. The summed E-state index contributed by atoms with van der Waals surface area (Å²) in [7, 11) is 1.60. The van der Waals surface area contributed by atoms with E-state index in [4.69, 9.17) is 9.84 Å². The van der Waals surface area contributed by atoms with Gasteiger partial charge in [-0.1, -0.05) is 11.8 Å². The monoisotopic (exact) mass is 267 g/mol. The van der Waals surface area contributed by atoms with E-state index in [0.717, 1.165) is 0 Å². The minimum Gasteiger partial charge on any atom is -0.395 e. The second kappa shape index (κ2) is 7.88. The second-order valence-electron chi connectivity index (χ2n) is 3.70. The summed E-state index contributed by atoms with van der Waals surface area (Å²) >= 11 is 1.36. The summed E-state index contributed by atoms with van der Waals surface area (Å²) in [5.41, 5.74) is 0.705. The zero-order valence-corrected chi connectivity index (χ0v) is 11.3. The molecule has 98 valence electrons. The van der Waals surface area contributed by atoms with Gasteiger partial charge < -0.3 is 15.2 Å². The van der Waals surface area contributed by atoms with Crippen LogP contribution in [0.15, 0.2) is 11.4 Å². The van der Waals surface area contributed by atoms with Crippen molar-refractivity contribution < 1.29 is 14.6 Å². The zero-order chi connectivity index (χ0) is 13.4. The Kier molecular flexibility index (Phi) is 6.44. The molecular formula is C13H17NO3S. The number of aliphatic hydroxyl groups excluding tert-OH is 1. The SMILES string of the molecule is COC(C)CNC(=O)c1sccc1C#CCCO. The van der Waals surface area contributed by atoms with Gasteiger partial charge in [0.05, 0.1) is 12.7 Å². The van der Waals surface area contributed by atoms with Crippen LogP contribution < -0.4 is 5.32 Å². The molecule has 1 amide bonds. The van der Waals surface area contributed by atoms with E-state index in [0.29, 0.717) is 23.4 Å². The maximum Gasteiger partial charge on any atom is 0.262 e. The Hall–Kier alpha value is -1.35. The summed E-state index contributed by atoms with van der Waals surface area (Å²) < 4.78 is 5.06. The maximum absolute atomic E-state index is 11.9. The zero-order valence-electron chi connectivity index (χ0n) is 10.5. The first-order valence-electron chi connectivity index (χ1n) is 5.67. The predicted octanol–water partition coefficient (Wildman–Crippen LogP) is 1.25. The van der Waals surface area contributed by atoms with E-state index >= 15 is 0 Å². The van der Waals surface area contributed by atoms with E-state index in [1.54, 1.807) is 7.11 Å². The molecule has 0 aliphatic heterocycles. The van der Waals surface area contributed by atoms with Gasteiger partial charge in [-0.05, 0) is 18.4 Å². The highest BCUT2D eigenvalue weighted by atomic mass is 32.1. The minimum absolute atomic E-state index is 0.0159. The highest BCUT2D eigenvalue weighted by Gasteiger charge is 2.12. The lowest BCUT2D eigenvalue weighted by atomic mass is 10.2. The molecule has 5 heteroatoms. The highest BCUT2D eigenvalue weighted by Crippen LogP contribution is 2.15. The van der Waals surface area contributed by atoms with Crippen LogP contribution in [0.2, 0.25) is 0 Å². The van der Waals surface area contributed by atoms with Crippen LogP contribution in [0.25, 0.3) is 0 Å². The number of methoxy groups -OCH3 is 1. The summed E-state index contributed by atoms with van der Waals surface area (Å²) in [6.07, 6.45) is 0.398. The molecule has 4 nitrogen and oxygen atoms in total. The van der Waals surface area contributed by atoms with Crippen molar-refractivity contribution in [2.75, 3.05) is 20.3 Å². The standard InChI is InChI=1S/C13H17NO3S/c1-10(17-2)9-14-13(16)12-11(6-8-18-12)5-3-4-7-15/h6,8,10,15H,4,7,9H2,1-2H3,(H,14,16). The lowest BCUT2D eigenvalue weighted by Crippen LogP contribution is -2.31. The van der Waals surface area contributed by atoms with Crippen LogP contribution in [0.1, 0.15) is 28.6 Å². The fourth-order valence-electron chi connectivity index (χ4n) is 1.20.